The van der Waals surface area contributed by atoms with Gasteiger partial charge in [0.1, 0.15) is 24.4 Å². The van der Waals surface area contributed by atoms with Crippen molar-refractivity contribution in [1.29, 1.82) is 0 Å². The van der Waals surface area contributed by atoms with Crippen molar-refractivity contribution >= 4 is 11.8 Å². The lowest BCUT2D eigenvalue weighted by Gasteiger charge is -2.50. The third kappa shape index (κ3) is 9.29. The first-order valence-corrected chi connectivity index (χ1v) is 16.9. The van der Waals surface area contributed by atoms with Crippen LogP contribution in [-0.2, 0) is 59.7 Å². The molecule has 2 saturated heterocycles. The lowest BCUT2D eigenvalue weighted by molar-refractivity contribution is -0.305. The van der Waals surface area contributed by atoms with Crippen LogP contribution in [0.25, 0.3) is 0 Å². The number of benzene rings is 4. The Kier molecular flexibility index (Phi) is 11.7. The molecule has 2 amide bonds. The Morgan fingerprint density at radius 2 is 1.00 bits per heavy atom. The van der Waals surface area contributed by atoms with Crippen LogP contribution < -0.4 is 0 Å². The average molecular weight is 664 g/mol. The third-order valence-electron chi connectivity index (χ3n) is 8.93. The molecular weight excluding hydrogens is 618 g/mol. The standard InChI is InChI=1S/C41H45NO7/c1-41(2)23-35(43)42(36(44)24-41)37-39(47-27-32-19-11-5-12-20-32)38(46-26-31-17-9-4-10-18-31)34(29-45-25-30-15-7-3-8-16-30)49-40(37)48-28-33-21-13-6-14-22-33/h3-22,34,37-40H,23-29H2,1-2H3/t34-,37-,38-,39-,40-/m1/s1. The Morgan fingerprint density at radius 1 is 0.592 bits per heavy atom. The van der Waals surface area contributed by atoms with E-state index in [2.05, 4.69) is 0 Å². The fourth-order valence-electron chi connectivity index (χ4n) is 6.50. The van der Waals surface area contributed by atoms with Gasteiger partial charge >= 0.3 is 0 Å². The number of amides is 2. The molecule has 5 atom stereocenters. The Bertz CT molecular complexity index is 1600. The summed E-state index contributed by atoms with van der Waals surface area (Å²) < 4.78 is 33.0. The van der Waals surface area contributed by atoms with Crippen LogP contribution in [0.2, 0.25) is 0 Å². The Hall–Kier alpha value is -4.18. The van der Waals surface area contributed by atoms with Crippen LogP contribution in [0.1, 0.15) is 48.9 Å². The number of carbonyl (C=O) groups excluding carboxylic acids is 2. The van der Waals surface area contributed by atoms with E-state index >= 15 is 0 Å². The van der Waals surface area contributed by atoms with Gasteiger partial charge in [-0.05, 0) is 27.7 Å². The van der Waals surface area contributed by atoms with Crippen LogP contribution >= 0.6 is 0 Å². The molecule has 0 bridgehead atoms. The molecule has 0 aliphatic carbocycles. The van der Waals surface area contributed by atoms with E-state index in [1.165, 1.54) is 4.90 Å². The topological polar surface area (TPSA) is 83.5 Å². The van der Waals surface area contributed by atoms with Crippen molar-refractivity contribution in [3.05, 3.63) is 144 Å². The minimum atomic E-state index is -1.00. The predicted molar refractivity (Wildman–Crippen MR) is 185 cm³/mol. The highest BCUT2D eigenvalue weighted by Crippen LogP contribution is 2.38. The number of hydrogen-bond acceptors (Lipinski definition) is 7. The molecule has 4 aromatic rings. The summed E-state index contributed by atoms with van der Waals surface area (Å²) in [7, 11) is 0. The second-order valence-electron chi connectivity index (χ2n) is 13.5. The van der Waals surface area contributed by atoms with Crippen molar-refractivity contribution in [1.82, 2.24) is 4.90 Å². The zero-order chi connectivity index (χ0) is 34.1. The van der Waals surface area contributed by atoms with Gasteiger partial charge in [-0.3, -0.25) is 14.5 Å². The maximum absolute atomic E-state index is 13.9. The van der Waals surface area contributed by atoms with Gasteiger partial charge in [-0.25, -0.2) is 0 Å². The monoisotopic (exact) mass is 663 g/mol. The molecule has 0 unspecified atom stereocenters. The highest BCUT2D eigenvalue weighted by molar-refractivity contribution is 5.99. The van der Waals surface area contributed by atoms with E-state index in [0.29, 0.717) is 6.61 Å². The van der Waals surface area contributed by atoms with Crippen LogP contribution in [0.3, 0.4) is 0 Å². The lowest BCUT2D eigenvalue weighted by Crippen LogP contribution is -2.69. The van der Waals surface area contributed by atoms with Crippen molar-refractivity contribution in [2.24, 2.45) is 5.41 Å². The Balaban J connectivity index is 1.36. The van der Waals surface area contributed by atoms with Crippen LogP contribution in [0.15, 0.2) is 121 Å². The Morgan fingerprint density at radius 3 is 1.47 bits per heavy atom. The summed E-state index contributed by atoms with van der Waals surface area (Å²) in [6.07, 6.45) is -2.72. The van der Waals surface area contributed by atoms with Gasteiger partial charge in [-0.2, -0.15) is 0 Å². The SMILES string of the molecule is CC1(C)CC(=O)N([C@H]2[C@H](OCc3ccccc3)O[C@H](COCc3ccccc3)[C@@H](OCc3ccccc3)[C@@H]2OCc2ccccc2)C(=O)C1. The van der Waals surface area contributed by atoms with Gasteiger partial charge in [0.05, 0.1) is 33.0 Å². The number of nitrogens with zero attached hydrogens (tertiary/aromatic N) is 1. The van der Waals surface area contributed by atoms with E-state index in [1.807, 2.05) is 135 Å². The molecular formula is C41H45NO7. The van der Waals surface area contributed by atoms with Gasteiger partial charge in [0, 0.05) is 12.8 Å². The lowest BCUT2D eigenvalue weighted by atomic mass is 9.80. The van der Waals surface area contributed by atoms with Gasteiger partial charge in [0.25, 0.3) is 0 Å². The van der Waals surface area contributed by atoms with E-state index in [4.69, 9.17) is 23.7 Å². The second kappa shape index (κ2) is 16.5. The van der Waals surface area contributed by atoms with Crippen molar-refractivity contribution < 1.29 is 33.3 Å². The number of piperidine rings is 1. The van der Waals surface area contributed by atoms with Gasteiger partial charge < -0.3 is 23.7 Å². The number of imide groups is 1. The first kappa shape index (κ1) is 34.7. The normalized spacial score (nSPS) is 23.8. The summed E-state index contributed by atoms with van der Waals surface area (Å²) in [4.78, 5) is 29.2. The number of ether oxygens (including phenoxy) is 5. The molecule has 0 saturated carbocycles. The molecule has 0 spiro atoms. The first-order chi connectivity index (χ1) is 23.9. The summed E-state index contributed by atoms with van der Waals surface area (Å²) >= 11 is 0. The molecule has 8 heteroatoms. The molecule has 2 aliphatic heterocycles. The van der Waals surface area contributed by atoms with Gasteiger partial charge in [0.2, 0.25) is 11.8 Å². The number of carbonyl (C=O) groups is 2. The van der Waals surface area contributed by atoms with E-state index in [9.17, 15) is 9.59 Å². The molecule has 8 nitrogen and oxygen atoms in total. The molecule has 4 aromatic carbocycles. The van der Waals surface area contributed by atoms with Crippen LogP contribution in [-0.4, -0.2) is 54.0 Å². The van der Waals surface area contributed by atoms with E-state index in [0.717, 1.165) is 22.3 Å². The van der Waals surface area contributed by atoms with Crippen LogP contribution in [0, 0.1) is 5.41 Å². The molecule has 2 fully saturated rings. The van der Waals surface area contributed by atoms with E-state index in [-0.39, 0.29) is 51.1 Å². The Labute approximate surface area is 288 Å². The molecule has 6 rings (SSSR count). The fourth-order valence-corrected chi connectivity index (χ4v) is 6.50. The minimum Gasteiger partial charge on any atom is -0.374 e. The predicted octanol–water partition coefficient (Wildman–Crippen LogP) is 6.86. The summed E-state index contributed by atoms with van der Waals surface area (Å²) in [6, 6.07) is 38.5. The van der Waals surface area contributed by atoms with Gasteiger partial charge in [-0.15, -0.1) is 0 Å². The second-order valence-corrected chi connectivity index (χ2v) is 13.5. The average Bonchev–Trinajstić information content (AvgIpc) is 3.11. The molecule has 2 aliphatic rings. The molecule has 49 heavy (non-hydrogen) atoms. The highest BCUT2D eigenvalue weighted by atomic mass is 16.7. The number of hydrogen-bond donors (Lipinski definition) is 0. The number of rotatable bonds is 14. The van der Waals surface area contributed by atoms with Crippen molar-refractivity contribution in [2.75, 3.05) is 6.61 Å². The third-order valence-corrected chi connectivity index (χ3v) is 8.93. The van der Waals surface area contributed by atoms with E-state index in [1.54, 1.807) is 0 Å². The molecule has 256 valence electrons. The van der Waals surface area contributed by atoms with Crippen molar-refractivity contribution in [3.8, 4) is 0 Å². The maximum Gasteiger partial charge on any atom is 0.230 e. The molecule has 0 aromatic heterocycles. The van der Waals surface area contributed by atoms with Gasteiger partial charge in [-0.1, -0.05) is 135 Å². The summed E-state index contributed by atoms with van der Waals surface area (Å²) in [6.45, 7) is 5.14. The molecule has 2 heterocycles. The molecule has 0 radical (unpaired) electrons. The van der Waals surface area contributed by atoms with Crippen LogP contribution in [0.4, 0.5) is 0 Å². The number of likely N-dealkylation sites (tertiary alicyclic amines) is 1. The van der Waals surface area contributed by atoms with Crippen molar-refractivity contribution in [2.45, 2.75) is 83.8 Å². The zero-order valence-corrected chi connectivity index (χ0v) is 28.2. The first-order valence-electron chi connectivity index (χ1n) is 16.9. The minimum absolute atomic E-state index is 0.173. The van der Waals surface area contributed by atoms with E-state index < -0.39 is 36.1 Å². The van der Waals surface area contributed by atoms with Gasteiger partial charge in [0.15, 0.2) is 6.29 Å². The molecule has 0 N–H and O–H groups in total. The van der Waals surface area contributed by atoms with Crippen LogP contribution in [0.5, 0.6) is 0 Å². The highest BCUT2D eigenvalue weighted by Gasteiger charge is 2.55. The zero-order valence-electron chi connectivity index (χ0n) is 28.2. The largest absolute Gasteiger partial charge is 0.374 e. The summed E-state index contributed by atoms with van der Waals surface area (Å²) in [5.74, 6) is -0.561. The quantitative estimate of drug-likeness (QED) is 0.136. The van der Waals surface area contributed by atoms with Crippen molar-refractivity contribution in [3.63, 3.8) is 0 Å². The summed E-state index contributed by atoms with van der Waals surface area (Å²) in [5.41, 5.74) is 3.42. The fraction of sp³-hybridized carbons (Fsp3) is 0.366. The smallest absolute Gasteiger partial charge is 0.230 e. The summed E-state index contributed by atoms with van der Waals surface area (Å²) in [5, 5.41) is 0. The maximum atomic E-state index is 13.9.